The lowest BCUT2D eigenvalue weighted by Gasteiger charge is -2.27. The summed E-state index contributed by atoms with van der Waals surface area (Å²) in [7, 11) is 0. The molecule has 148 valence electrons. The van der Waals surface area contributed by atoms with Crippen LogP contribution in [0.2, 0.25) is 0 Å². The number of ether oxygens (including phenoxy) is 1. The molecule has 1 aliphatic heterocycles. The zero-order valence-electron chi connectivity index (χ0n) is 16.0. The molecule has 4 rings (SSSR count). The molecule has 0 aromatic carbocycles. The number of nitrogens with zero attached hydrogens (tertiary/aromatic N) is 7. The zero-order valence-corrected chi connectivity index (χ0v) is 17.6. The van der Waals surface area contributed by atoms with Gasteiger partial charge in [-0.3, -0.25) is 4.57 Å². The minimum atomic E-state index is 0.289. The van der Waals surface area contributed by atoms with Gasteiger partial charge in [-0.1, -0.05) is 13.8 Å². The number of morpholine rings is 1. The molecule has 3 aromatic heterocycles. The number of anilines is 2. The van der Waals surface area contributed by atoms with Crippen molar-refractivity contribution in [2.24, 2.45) is 0 Å². The van der Waals surface area contributed by atoms with Crippen LogP contribution in [0.15, 0.2) is 17.1 Å². The Morgan fingerprint density at radius 2 is 1.86 bits per heavy atom. The van der Waals surface area contributed by atoms with Crippen molar-refractivity contribution in [3.8, 4) is 11.4 Å². The van der Waals surface area contributed by atoms with Crippen LogP contribution in [0.1, 0.15) is 32.7 Å². The second kappa shape index (κ2) is 7.96. The topological polar surface area (TPSA) is 108 Å². The minimum Gasteiger partial charge on any atom is -0.382 e. The second-order valence-corrected chi connectivity index (χ2v) is 7.40. The van der Waals surface area contributed by atoms with Gasteiger partial charge in [-0.15, -0.1) is 0 Å². The quantitative estimate of drug-likeness (QED) is 0.595. The molecule has 1 fully saturated rings. The molecule has 0 radical (unpaired) electrons. The fourth-order valence-electron chi connectivity index (χ4n) is 3.46. The van der Waals surface area contributed by atoms with Crippen LogP contribution >= 0.6 is 15.9 Å². The van der Waals surface area contributed by atoms with Gasteiger partial charge in [0.1, 0.15) is 22.7 Å². The van der Waals surface area contributed by atoms with E-state index < -0.39 is 0 Å². The van der Waals surface area contributed by atoms with Crippen molar-refractivity contribution in [1.82, 2.24) is 29.5 Å². The lowest BCUT2D eigenvalue weighted by atomic mass is 10.1. The van der Waals surface area contributed by atoms with Crippen LogP contribution in [0.25, 0.3) is 22.6 Å². The van der Waals surface area contributed by atoms with E-state index in [1.54, 1.807) is 6.20 Å². The van der Waals surface area contributed by atoms with Crippen LogP contribution in [-0.2, 0) is 4.74 Å². The molecule has 0 spiro atoms. The van der Waals surface area contributed by atoms with E-state index in [2.05, 4.69) is 49.2 Å². The number of nitrogens with two attached hydrogens (primary N) is 1. The van der Waals surface area contributed by atoms with E-state index in [1.165, 1.54) is 6.20 Å². The molecular weight excluding hydrogens is 424 g/mol. The average molecular weight is 447 g/mol. The Kier molecular flexibility index (Phi) is 5.40. The van der Waals surface area contributed by atoms with Crippen molar-refractivity contribution in [3.05, 3.63) is 17.1 Å². The highest BCUT2D eigenvalue weighted by Gasteiger charge is 2.24. The monoisotopic (exact) mass is 446 g/mol. The molecule has 2 N–H and O–H groups in total. The van der Waals surface area contributed by atoms with Crippen molar-refractivity contribution >= 4 is 38.9 Å². The lowest BCUT2D eigenvalue weighted by Crippen LogP contribution is -2.37. The number of hydrogen-bond donors (Lipinski definition) is 1. The Morgan fingerprint density at radius 3 is 2.50 bits per heavy atom. The maximum absolute atomic E-state index is 5.71. The molecule has 0 unspecified atom stereocenters. The largest absolute Gasteiger partial charge is 0.382 e. The molecule has 3 aromatic rings. The van der Waals surface area contributed by atoms with Gasteiger partial charge in [0, 0.05) is 19.1 Å². The summed E-state index contributed by atoms with van der Waals surface area (Å²) in [6.45, 7) is 7.16. The zero-order chi connectivity index (χ0) is 19.7. The van der Waals surface area contributed by atoms with Gasteiger partial charge in [0.2, 0.25) is 5.95 Å². The summed E-state index contributed by atoms with van der Waals surface area (Å²) in [6, 6.07) is 0.289. The van der Waals surface area contributed by atoms with E-state index in [9.17, 15) is 0 Å². The van der Waals surface area contributed by atoms with E-state index >= 15 is 0 Å². The summed E-state index contributed by atoms with van der Waals surface area (Å²) in [5.74, 6) is 1.02. The predicted molar refractivity (Wildman–Crippen MR) is 111 cm³/mol. The standard InChI is InChI=1S/C18H23BrN8O/c1-3-11(4-2)27-16-15(23-17(27)19)14(12-9-22-13(20)10-21-12)24-18(25-16)26-5-7-28-8-6-26/h9-11H,3-8H2,1-2H3,(H2,20,22). The summed E-state index contributed by atoms with van der Waals surface area (Å²) in [5, 5.41) is 0. The Labute approximate surface area is 171 Å². The number of imidazole rings is 1. The number of nitrogen functional groups attached to an aromatic ring is 1. The molecule has 0 bridgehead atoms. The van der Waals surface area contributed by atoms with E-state index in [0.717, 1.165) is 36.3 Å². The third kappa shape index (κ3) is 3.42. The van der Waals surface area contributed by atoms with E-state index in [0.29, 0.717) is 41.9 Å². The number of fused-ring (bicyclic) bond motifs is 1. The van der Waals surface area contributed by atoms with Gasteiger partial charge >= 0.3 is 0 Å². The summed E-state index contributed by atoms with van der Waals surface area (Å²) >= 11 is 3.63. The van der Waals surface area contributed by atoms with Gasteiger partial charge in [-0.2, -0.15) is 4.98 Å². The van der Waals surface area contributed by atoms with Crippen molar-refractivity contribution < 1.29 is 4.74 Å². The Hall–Kier alpha value is -2.33. The van der Waals surface area contributed by atoms with Crippen LogP contribution in [-0.4, -0.2) is 55.8 Å². The van der Waals surface area contributed by atoms with Crippen molar-refractivity contribution in [2.75, 3.05) is 36.9 Å². The van der Waals surface area contributed by atoms with Gasteiger partial charge in [-0.25, -0.2) is 19.9 Å². The van der Waals surface area contributed by atoms with Crippen LogP contribution in [0.4, 0.5) is 11.8 Å². The second-order valence-electron chi connectivity index (χ2n) is 6.69. The van der Waals surface area contributed by atoms with Gasteiger partial charge in [-0.05, 0) is 28.8 Å². The fourth-order valence-corrected chi connectivity index (χ4v) is 4.09. The molecule has 0 amide bonds. The molecule has 1 aliphatic rings. The smallest absolute Gasteiger partial charge is 0.228 e. The molecule has 4 heterocycles. The van der Waals surface area contributed by atoms with Crippen molar-refractivity contribution in [1.29, 1.82) is 0 Å². The van der Waals surface area contributed by atoms with Gasteiger partial charge in [0.25, 0.3) is 0 Å². The highest BCUT2D eigenvalue weighted by molar-refractivity contribution is 9.10. The van der Waals surface area contributed by atoms with E-state index in [4.69, 9.17) is 25.4 Å². The summed E-state index contributed by atoms with van der Waals surface area (Å²) in [4.78, 5) is 25.2. The average Bonchev–Trinajstić information content (AvgIpc) is 3.06. The third-order valence-electron chi connectivity index (χ3n) is 5.00. The third-order valence-corrected chi connectivity index (χ3v) is 5.56. The molecule has 0 aliphatic carbocycles. The molecule has 10 heteroatoms. The predicted octanol–water partition coefficient (Wildman–Crippen LogP) is 2.83. The van der Waals surface area contributed by atoms with Gasteiger partial charge in [0.05, 0.1) is 25.6 Å². The summed E-state index contributed by atoms with van der Waals surface area (Å²) in [5.41, 5.74) is 8.49. The van der Waals surface area contributed by atoms with Crippen LogP contribution in [0.3, 0.4) is 0 Å². The number of rotatable bonds is 5. The molecular formula is C18H23BrN8O. The first-order valence-electron chi connectivity index (χ1n) is 9.48. The maximum Gasteiger partial charge on any atom is 0.228 e. The van der Waals surface area contributed by atoms with Crippen LogP contribution < -0.4 is 10.6 Å². The van der Waals surface area contributed by atoms with Crippen molar-refractivity contribution in [3.63, 3.8) is 0 Å². The van der Waals surface area contributed by atoms with E-state index in [1.807, 2.05) is 0 Å². The summed E-state index contributed by atoms with van der Waals surface area (Å²) < 4.78 is 8.37. The van der Waals surface area contributed by atoms with Gasteiger partial charge < -0.3 is 15.4 Å². The summed E-state index contributed by atoms with van der Waals surface area (Å²) in [6.07, 6.45) is 5.12. The van der Waals surface area contributed by atoms with Crippen molar-refractivity contribution in [2.45, 2.75) is 32.7 Å². The Morgan fingerprint density at radius 1 is 1.11 bits per heavy atom. The van der Waals surface area contributed by atoms with Gasteiger partial charge in [0.15, 0.2) is 10.4 Å². The Balaban J connectivity index is 1.95. The Bertz CT molecular complexity index is 964. The number of hydrogen-bond acceptors (Lipinski definition) is 8. The molecule has 1 saturated heterocycles. The molecule has 0 saturated carbocycles. The minimum absolute atomic E-state index is 0.289. The fraction of sp³-hybridized carbons (Fsp3) is 0.500. The van der Waals surface area contributed by atoms with Crippen LogP contribution in [0.5, 0.6) is 0 Å². The normalized spacial score (nSPS) is 14.9. The lowest BCUT2D eigenvalue weighted by molar-refractivity contribution is 0.122. The number of halogens is 1. The highest BCUT2D eigenvalue weighted by atomic mass is 79.9. The highest BCUT2D eigenvalue weighted by Crippen LogP contribution is 2.33. The molecule has 9 nitrogen and oxygen atoms in total. The first kappa shape index (κ1) is 19.0. The first-order valence-corrected chi connectivity index (χ1v) is 10.3. The van der Waals surface area contributed by atoms with E-state index in [-0.39, 0.29) is 6.04 Å². The van der Waals surface area contributed by atoms with Crippen LogP contribution in [0, 0.1) is 0 Å². The SMILES string of the molecule is CCC(CC)n1c(Br)nc2c(-c3cnc(N)cn3)nc(N3CCOCC3)nc21. The molecule has 0 atom stereocenters. The maximum atomic E-state index is 5.71. The molecule has 28 heavy (non-hydrogen) atoms. The number of aromatic nitrogens is 6. The first-order chi connectivity index (χ1) is 13.6.